The normalized spacial score (nSPS) is 15.5. The summed E-state index contributed by atoms with van der Waals surface area (Å²) in [6.07, 6.45) is 4.98. The summed E-state index contributed by atoms with van der Waals surface area (Å²) in [6.45, 7) is 1.52. The van der Waals surface area contributed by atoms with Gasteiger partial charge in [-0.3, -0.25) is 9.59 Å². The molecule has 2 amide bonds. The van der Waals surface area contributed by atoms with Crippen molar-refractivity contribution in [1.82, 2.24) is 10.2 Å². The molecular formula is C17H18N2O2S2. The summed E-state index contributed by atoms with van der Waals surface area (Å²) in [4.78, 5) is 28.5. The van der Waals surface area contributed by atoms with Gasteiger partial charge in [-0.15, -0.1) is 22.7 Å². The number of hydrogen-bond acceptors (Lipinski definition) is 4. The molecule has 3 rings (SSSR count). The van der Waals surface area contributed by atoms with Gasteiger partial charge in [0, 0.05) is 18.0 Å². The van der Waals surface area contributed by atoms with Gasteiger partial charge in [0.2, 0.25) is 0 Å². The first-order valence-electron chi connectivity index (χ1n) is 7.63. The van der Waals surface area contributed by atoms with Crippen LogP contribution in [0.3, 0.4) is 0 Å². The highest BCUT2D eigenvalue weighted by atomic mass is 32.1. The van der Waals surface area contributed by atoms with E-state index in [1.165, 1.54) is 11.3 Å². The van der Waals surface area contributed by atoms with Gasteiger partial charge in [-0.05, 0) is 48.2 Å². The Labute approximate surface area is 143 Å². The van der Waals surface area contributed by atoms with Crippen LogP contribution in [-0.4, -0.2) is 29.8 Å². The predicted molar refractivity (Wildman–Crippen MR) is 94.5 cm³/mol. The van der Waals surface area contributed by atoms with Crippen LogP contribution < -0.4 is 5.32 Å². The predicted octanol–water partition coefficient (Wildman–Crippen LogP) is 3.59. The van der Waals surface area contributed by atoms with E-state index in [9.17, 15) is 9.59 Å². The molecule has 2 aromatic heterocycles. The Hall–Kier alpha value is -1.92. The van der Waals surface area contributed by atoms with Crippen molar-refractivity contribution < 1.29 is 9.59 Å². The SMILES string of the molecule is O=C(N/C(=C\c1cccs1)C(=O)N1CCCCC1)c1cccs1. The number of rotatable bonds is 4. The van der Waals surface area contributed by atoms with Crippen LogP contribution in [0.2, 0.25) is 0 Å². The molecule has 0 aromatic carbocycles. The molecule has 0 atom stereocenters. The first-order chi connectivity index (χ1) is 11.2. The molecule has 1 aliphatic heterocycles. The van der Waals surface area contributed by atoms with Crippen molar-refractivity contribution in [1.29, 1.82) is 0 Å². The maximum Gasteiger partial charge on any atom is 0.270 e. The molecule has 4 nitrogen and oxygen atoms in total. The molecule has 0 saturated carbocycles. The molecular weight excluding hydrogens is 328 g/mol. The Morgan fingerprint density at radius 3 is 2.43 bits per heavy atom. The number of carbonyl (C=O) groups is 2. The summed E-state index contributed by atoms with van der Waals surface area (Å²) in [5.41, 5.74) is 0.354. The van der Waals surface area contributed by atoms with Crippen molar-refractivity contribution in [2.45, 2.75) is 19.3 Å². The highest BCUT2D eigenvalue weighted by Crippen LogP contribution is 2.17. The fourth-order valence-electron chi connectivity index (χ4n) is 2.53. The number of nitrogens with one attached hydrogen (secondary N) is 1. The molecule has 120 valence electrons. The van der Waals surface area contributed by atoms with Crippen LogP contribution in [0, 0.1) is 0 Å². The highest BCUT2D eigenvalue weighted by molar-refractivity contribution is 7.12. The largest absolute Gasteiger partial charge is 0.337 e. The van der Waals surface area contributed by atoms with Crippen molar-refractivity contribution in [3.63, 3.8) is 0 Å². The van der Waals surface area contributed by atoms with E-state index in [0.717, 1.165) is 37.2 Å². The molecule has 6 heteroatoms. The minimum Gasteiger partial charge on any atom is -0.337 e. The third kappa shape index (κ3) is 4.09. The maximum absolute atomic E-state index is 12.8. The molecule has 1 N–H and O–H groups in total. The number of carbonyl (C=O) groups excluding carboxylic acids is 2. The summed E-state index contributed by atoms with van der Waals surface area (Å²) in [6, 6.07) is 7.45. The monoisotopic (exact) mass is 346 g/mol. The Bertz CT molecular complexity index is 684. The Kier molecular flexibility index (Phi) is 5.25. The van der Waals surface area contributed by atoms with E-state index in [0.29, 0.717) is 10.6 Å². The lowest BCUT2D eigenvalue weighted by Gasteiger charge is -2.27. The van der Waals surface area contributed by atoms with Crippen LogP contribution in [-0.2, 0) is 4.79 Å². The molecule has 0 spiro atoms. The Balaban J connectivity index is 1.81. The van der Waals surface area contributed by atoms with Gasteiger partial charge in [-0.2, -0.15) is 0 Å². The van der Waals surface area contributed by atoms with E-state index in [1.54, 1.807) is 23.5 Å². The molecule has 0 unspecified atom stereocenters. The smallest absolute Gasteiger partial charge is 0.270 e. The number of piperidine rings is 1. The highest BCUT2D eigenvalue weighted by Gasteiger charge is 2.22. The zero-order chi connectivity index (χ0) is 16.1. The zero-order valence-corrected chi connectivity index (χ0v) is 14.3. The summed E-state index contributed by atoms with van der Waals surface area (Å²) in [7, 11) is 0. The van der Waals surface area contributed by atoms with Gasteiger partial charge >= 0.3 is 0 Å². The second-order valence-electron chi connectivity index (χ2n) is 5.36. The molecule has 23 heavy (non-hydrogen) atoms. The molecule has 3 heterocycles. The lowest BCUT2D eigenvalue weighted by Crippen LogP contribution is -2.41. The van der Waals surface area contributed by atoms with Crippen LogP contribution in [0.1, 0.15) is 33.8 Å². The first-order valence-corrected chi connectivity index (χ1v) is 9.39. The van der Waals surface area contributed by atoms with Crippen LogP contribution in [0.4, 0.5) is 0 Å². The summed E-state index contributed by atoms with van der Waals surface area (Å²) < 4.78 is 0. The number of hydrogen-bond donors (Lipinski definition) is 1. The third-order valence-electron chi connectivity index (χ3n) is 3.70. The standard InChI is InChI=1S/C17H18N2O2S2/c20-16(15-7-5-11-23-15)18-14(12-13-6-4-10-22-13)17(21)19-8-2-1-3-9-19/h4-7,10-12H,1-3,8-9H2,(H,18,20)/b14-12-. The van der Waals surface area contributed by atoms with Gasteiger partial charge < -0.3 is 10.2 Å². The van der Waals surface area contributed by atoms with Gasteiger partial charge in [0.15, 0.2) is 0 Å². The fraction of sp³-hybridized carbons (Fsp3) is 0.294. The van der Waals surface area contributed by atoms with Gasteiger partial charge in [0.05, 0.1) is 4.88 Å². The third-order valence-corrected chi connectivity index (χ3v) is 5.38. The van der Waals surface area contributed by atoms with Crippen LogP contribution >= 0.6 is 22.7 Å². The summed E-state index contributed by atoms with van der Waals surface area (Å²) in [5, 5.41) is 6.61. The minimum atomic E-state index is -0.229. The van der Waals surface area contributed by atoms with Gasteiger partial charge in [-0.1, -0.05) is 12.1 Å². The number of nitrogens with zero attached hydrogens (tertiary/aromatic N) is 1. The van der Waals surface area contributed by atoms with E-state index < -0.39 is 0 Å². The Morgan fingerprint density at radius 1 is 1.04 bits per heavy atom. The van der Waals surface area contributed by atoms with E-state index >= 15 is 0 Å². The Morgan fingerprint density at radius 2 is 1.78 bits per heavy atom. The van der Waals surface area contributed by atoms with E-state index in [4.69, 9.17) is 0 Å². The number of amides is 2. The van der Waals surface area contributed by atoms with Crippen LogP contribution in [0.25, 0.3) is 6.08 Å². The van der Waals surface area contributed by atoms with Crippen molar-refractivity contribution in [2.24, 2.45) is 0 Å². The molecule has 1 aliphatic rings. The van der Waals surface area contributed by atoms with E-state index in [1.807, 2.05) is 33.9 Å². The van der Waals surface area contributed by atoms with Crippen molar-refractivity contribution in [3.05, 3.63) is 50.5 Å². The molecule has 1 saturated heterocycles. The second-order valence-corrected chi connectivity index (χ2v) is 7.28. The van der Waals surface area contributed by atoms with Gasteiger partial charge in [-0.25, -0.2) is 0 Å². The van der Waals surface area contributed by atoms with Crippen LogP contribution in [0.5, 0.6) is 0 Å². The maximum atomic E-state index is 12.8. The molecule has 1 fully saturated rings. The quantitative estimate of drug-likeness (QED) is 0.860. The molecule has 0 bridgehead atoms. The van der Waals surface area contributed by atoms with Gasteiger partial charge in [0.25, 0.3) is 11.8 Å². The lowest BCUT2D eigenvalue weighted by atomic mass is 10.1. The van der Waals surface area contributed by atoms with Crippen molar-refractivity contribution in [3.8, 4) is 0 Å². The fourth-order valence-corrected chi connectivity index (χ4v) is 3.80. The average Bonchev–Trinajstić information content (AvgIpc) is 3.28. The van der Waals surface area contributed by atoms with E-state index in [2.05, 4.69) is 5.32 Å². The number of thiophene rings is 2. The first kappa shape index (κ1) is 16.0. The topological polar surface area (TPSA) is 49.4 Å². The summed E-state index contributed by atoms with van der Waals surface area (Å²) in [5.74, 6) is -0.323. The van der Waals surface area contributed by atoms with Crippen molar-refractivity contribution in [2.75, 3.05) is 13.1 Å². The zero-order valence-electron chi connectivity index (χ0n) is 12.7. The molecule has 0 aliphatic carbocycles. The minimum absolute atomic E-state index is 0.0944. The lowest BCUT2D eigenvalue weighted by molar-refractivity contribution is -0.128. The number of likely N-dealkylation sites (tertiary alicyclic amines) is 1. The second kappa shape index (κ2) is 7.57. The van der Waals surface area contributed by atoms with Gasteiger partial charge in [0.1, 0.15) is 5.70 Å². The molecule has 0 radical (unpaired) electrons. The average molecular weight is 346 g/mol. The van der Waals surface area contributed by atoms with E-state index in [-0.39, 0.29) is 11.8 Å². The van der Waals surface area contributed by atoms with Crippen LogP contribution in [0.15, 0.2) is 40.7 Å². The summed E-state index contributed by atoms with van der Waals surface area (Å²) >= 11 is 2.91. The molecule has 2 aromatic rings. The van der Waals surface area contributed by atoms with Crippen molar-refractivity contribution >= 4 is 40.6 Å².